The maximum absolute atomic E-state index is 12.1. The highest BCUT2D eigenvalue weighted by Gasteiger charge is 2.26. The predicted molar refractivity (Wildman–Crippen MR) is 89.7 cm³/mol. The van der Waals surface area contributed by atoms with Gasteiger partial charge in [-0.3, -0.25) is 19.8 Å². The van der Waals surface area contributed by atoms with Crippen molar-refractivity contribution in [1.29, 1.82) is 0 Å². The monoisotopic (exact) mass is 336 g/mol. The number of carbonyl (C=O) groups is 1. The minimum atomic E-state index is -0.414. The second kappa shape index (κ2) is 8.60. The molecular formula is C16H24N4O4. The Balaban J connectivity index is 2.05. The van der Waals surface area contributed by atoms with Crippen molar-refractivity contribution in [3.8, 4) is 5.75 Å². The number of nitro benzene ring substituents is 1. The molecule has 0 aromatic heterocycles. The SMILES string of the molecule is COc1ccc([N+](=O)[O-])cc1CN1CCCC(C(=O)NCCN)C1. The van der Waals surface area contributed by atoms with Gasteiger partial charge < -0.3 is 15.8 Å². The summed E-state index contributed by atoms with van der Waals surface area (Å²) in [7, 11) is 1.55. The van der Waals surface area contributed by atoms with E-state index < -0.39 is 4.92 Å². The van der Waals surface area contributed by atoms with Crippen molar-refractivity contribution in [3.63, 3.8) is 0 Å². The normalized spacial score (nSPS) is 18.2. The first-order valence-corrected chi connectivity index (χ1v) is 8.06. The topological polar surface area (TPSA) is 111 Å². The zero-order valence-corrected chi connectivity index (χ0v) is 13.9. The van der Waals surface area contributed by atoms with Crippen LogP contribution in [0, 0.1) is 16.0 Å². The van der Waals surface area contributed by atoms with Crippen LogP contribution in [0.1, 0.15) is 18.4 Å². The van der Waals surface area contributed by atoms with E-state index in [1.807, 2.05) is 0 Å². The molecule has 0 aliphatic carbocycles. The number of hydrogen-bond donors (Lipinski definition) is 2. The lowest BCUT2D eigenvalue weighted by Gasteiger charge is -2.32. The van der Waals surface area contributed by atoms with Gasteiger partial charge in [-0.2, -0.15) is 0 Å². The zero-order chi connectivity index (χ0) is 17.5. The first kappa shape index (κ1) is 18.2. The Kier molecular flexibility index (Phi) is 6.51. The number of nitrogens with one attached hydrogen (secondary N) is 1. The number of hydrogen-bond acceptors (Lipinski definition) is 6. The highest BCUT2D eigenvalue weighted by atomic mass is 16.6. The molecule has 1 saturated heterocycles. The van der Waals surface area contributed by atoms with Gasteiger partial charge in [0.25, 0.3) is 5.69 Å². The van der Waals surface area contributed by atoms with Crippen LogP contribution in [0.2, 0.25) is 0 Å². The summed E-state index contributed by atoms with van der Waals surface area (Å²) in [6, 6.07) is 4.58. The van der Waals surface area contributed by atoms with Gasteiger partial charge in [0.05, 0.1) is 18.0 Å². The van der Waals surface area contributed by atoms with Crippen molar-refractivity contribution in [3.05, 3.63) is 33.9 Å². The van der Waals surface area contributed by atoms with Gasteiger partial charge in [-0.05, 0) is 25.5 Å². The fraction of sp³-hybridized carbons (Fsp3) is 0.562. The van der Waals surface area contributed by atoms with E-state index in [1.54, 1.807) is 13.2 Å². The molecule has 0 bridgehead atoms. The summed E-state index contributed by atoms with van der Waals surface area (Å²) in [5, 5.41) is 13.8. The number of nitrogens with two attached hydrogens (primary N) is 1. The van der Waals surface area contributed by atoms with Gasteiger partial charge in [0.2, 0.25) is 5.91 Å². The van der Waals surface area contributed by atoms with Gasteiger partial charge in [0.1, 0.15) is 5.75 Å². The van der Waals surface area contributed by atoms with Crippen molar-refractivity contribution in [2.75, 3.05) is 33.3 Å². The second-order valence-corrected chi connectivity index (χ2v) is 5.91. The predicted octanol–water partition coefficient (Wildman–Crippen LogP) is 0.890. The standard InChI is InChI=1S/C16H24N4O4/c1-24-15-5-4-14(20(22)23)9-13(15)11-19-8-2-3-12(10-19)16(21)18-7-6-17/h4-5,9,12H,2-3,6-8,10-11,17H2,1H3,(H,18,21). The number of likely N-dealkylation sites (tertiary alicyclic amines) is 1. The van der Waals surface area contributed by atoms with E-state index in [-0.39, 0.29) is 17.5 Å². The molecule has 8 heteroatoms. The minimum absolute atomic E-state index is 0.0242. The highest BCUT2D eigenvalue weighted by Crippen LogP contribution is 2.27. The average Bonchev–Trinajstić information content (AvgIpc) is 2.59. The van der Waals surface area contributed by atoms with Gasteiger partial charge in [0, 0.05) is 43.9 Å². The maximum atomic E-state index is 12.1. The fourth-order valence-electron chi connectivity index (χ4n) is 3.00. The Morgan fingerprint density at radius 2 is 2.33 bits per heavy atom. The number of methoxy groups -OCH3 is 1. The average molecular weight is 336 g/mol. The smallest absolute Gasteiger partial charge is 0.270 e. The molecule has 2 rings (SSSR count). The molecule has 0 spiro atoms. The van der Waals surface area contributed by atoms with Crippen LogP contribution in [0.4, 0.5) is 5.69 Å². The zero-order valence-electron chi connectivity index (χ0n) is 13.9. The van der Waals surface area contributed by atoms with Crippen molar-refractivity contribution < 1.29 is 14.5 Å². The number of piperidine rings is 1. The maximum Gasteiger partial charge on any atom is 0.270 e. The molecule has 1 aliphatic heterocycles. The molecule has 1 aromatic rings. The van der Waals surface area contributed by atoms with Crippen LogP contribution in [0.3, 0.4) is 0 Å². The van der Waals surface area contributed by atoms with E-state index in [2.05, 4.69) is 10.2 Å². The fourth-order valence-corrected chi connectivity index (χ4v) is 3.00. The van der Waals surface area contributed by atoms with Crippen molar-refractivity contribution >= 4 is 11.6 Å². The number of rotatable bonds is 7. The summed E-state index contributed by atoms with van der Waals surface area (Å²) in [5.41, 5.74) is 6.21. The van der Waals surface area contributed by atoms with Crippen LogP contribution in [0.5, 0.6) is 5.75 Å². The van der Waals surface area contributed by atoms with Gasteiger partial charge in [-0.1, -0.05) is 0 Å². The molecule has 1 aliphatic rings. The third-order valence-corrected chi connectivity index (χ3v) is 4.19. The molecule has 1 atom stereocenters. The summed E-state index contributed by atoms with van der Waals surface area (Å²) in [6.07, 6.45) is 1.76. The first-order valence-electron chi connectivity index (χ1n) is 8.06. The largest absolute Gasteiger partial charge is 0.496 e. The van der Waals surface area contributed by atoms with E-state index >= 15 is 0 Å². The number of non-ortho nitro benzene ring substituents is 1. The molecule has 1 unspecified atom stereocenters. The van der Waals surface area contributed by atoms with Crippen LogP contribution >= 0.6 is 0 Å². The van der Waals surface area contributed by atoms with Crippen molar-refractivity contribution in [2.45, 2.75) is 19.4 Å². The molecule has 1 fully saturated rings. The minimum Gasteiger partial charge on any atom is -0.496 e. The Morgan fingerprint density at radius 1 is 1.54 bits per heavy atom. The summed E-state index contributed by atoms with van der Waals surface area (Å²) < 4.78 is 5.31. The lowest BCUT2D eigenvalue weighted by molar-refractivity contribution is -0.385. The summed E-state index contributed by atoms with van der Waals surface area (Å²) in [6.45, 7) is 2.90. The Morgan fingerprint density at radius 3 is 3.00 bits per heavy atom. The van der Waals surface area contributed by atoms with E-state index in [4.69, 9.17) is 10.5 Å². The molecule has 8 nitrogen and oxygen atoms in total. The number of carbonyl (C=O) groups excluding carboxylic acids is 1. The van der Waals surface area contributed by atoms with E-state index in [0.717, 1.165) is 24.9 Å². The lowest BCUT2D eigenvalue weighted by Crippen LogP contribution is -2.43. The number of nitrogens with zero attached hydrogens (tertiary/aromatic N) is 2. The van der Waals surface area contributed by atoms with Gasteiger partial charge in [-0.15, -0.1) is 0 Å². The molecular weight excluding hydrogens is 312 g/mol. The molecule has 3 N–H and O–H groups in total. The van der Waals surface area contributed by atoms with E-state index in [1.165, 1.54) is 12.1 Å². The number of amides is 1. The Bertz CT molecular complexity index is 593. The quantitative estimate of drug-likeness (QED) is 0.565. The van der Waals surface area contributed by atoms with E-state index in [0.29, 0.717) is 31.9 Å². The second-order valence-electron chi connectivity index (χ2n) is 5.91. The number of benzene rings is 1. The van der Waals surface area contributed by atoms with Crippen LogP contribution in [0.15, 0.2) is 18.2 Å². The molecule has 132 valence electrons. The first-order chi connectivity index (χ1) is 11.5. The molecule has 1 heterocycles. The molecule has 0 radical (unpaired) electrons. The molecule has 1 aromatic carbocycles. The van der Waals surface area contributed by atoms with Crippen LogP contribution in [0.25, 0.3) is 0 Å². The third kappa shape index (κ3) is 4.65. The van der Waals surface area contributed by atoms with Gasteiger partial charge >= 0.3 is 0 Å². The highest BCUT2D eigenvalue weighted by molar-refractivity contribution is 5.78. The van der Waals surface area contributed by atoms with Crippen LogP contribution in [-0.2, 0) is 11.3 Å². The van der Waals surface area contributed by atoms with E-state index in [9.17, 15) is 14.9 Å². The van der Waals surface area contributed by atoms with Crippen LogP contribution in [-0.4, -0.2) is 49.0 Å². The summed E-state index contributed by atoms with van der Waals surface area (Å²) >= 11 is 0. The van der Waals surface area contributed by atoms with Gasteiger partial charge in [0.15, 0.2) is 0 Å². The number of nitro groups is 1. The van der Waals surface area contributed by atoms with Crippen molar-refractivity contribution in [2.24, 2.45) is 11.7 Å². The Hall–Kier alpha value is -2.19. The number of ether oxygens (including phenoxy) is 1. The molecule has 1 amide bonds. The van der Waals surface area contributed by atoms with Crippen molar-refractivity contribution in [1.82, 2.24) is 10.2 Å². The molecule has 24 heavy (non-hydrogen) atoms. The molecule has 0 saturated carbocycles. The summed E-state index contributed by atoms with van der Waals surface area (Å²) in [5.74, 6) is 0.571. The van der Waals surface area contributed by atoms with Crippen LogP contribution < -0.4 is 15.8 Å². The lowest BCUT2D eigenvalue weighted by atomic mass is 9.96. The van der Waals surface area contributed by atoms with Gasteiger partial charge in [-0.25, -0.2) is 0 Å². The Labute approximate surface area is 141 Å². The summed E-state index contributed by atoms with van der Waals surface area (Å²) in [4.78, 5) is 24.8. The third-order valence-electron chi connectivity index (χ3n) is 4.19.